The van der Waals surface area contributed by atoms with Gasteiger partial charge in [-0.25, -0.2) is 14.4 Å². The minimum Gasteiger partial charge on any atom is -0.466 e. The molecule has 0 spiro atoms. The van der Waals surface area contributed by atoms with Gasteiger partial charge in [-0.15, -0.1) is 0 Å². The second-order valence-corrected chi connectivity index (χ2v) is 2.54. The Morgan fingerprint density at radius 3 is 1.81 bits per heavy atom. The lowest BCUT2D eigenvalue weighted by atomic mass is 10.1. The Kier molecular flexibility index (Phi) is 5.55. The van der Waals surface area contributed by atoms with Crippen LogP contribution in [0.1, 0.15) is 0 Å². The molecule has 0 bridgehead atoms. The summed E-state index contributed by atoms with van der Waals surface area (Å²) in [6.07, 6.45) is 0.811. The van der Waals surface area contributed by atoms with Crippen LogP contribution in [0.3, 0.4) is 0 Å². The average Bonchev–Trinajstić information content (AvgIpc) is 2.32. The maximum atomic E-state index is 11.3. The van der Waals surface area contributed by atoms with Gasteiger partial charge < -0.3 is 14.2 Å². The van der Waals surface area contributed by atoms with Gasteiger partial charge in [-0.05, 0) is 0 Å². The molecule has 0 aromatic carbocycles. The third kappa shape index (κ3) is 3.56. The number of hydrogen-bond donors (Lipinski definition) is 0. The molecule has 0 N–H and O–H groups in total. The molecule has 0 aromatic rings. The lowest BCUT2D eigenvalue weighted by molar-refractivity contribution is -0.140. The monoisotopic (exact) mass is 228 g/mol. The predicted molar refractivity (Wildman–Crippen MR) is 53.3 cm³/mol. The summed E-state index contributed by atoms with van der Waals surface area (Å²) in [6.45, 7) is 3.33. The number of ether oxygens (including phenoxy) is 3. The molecule has 0 aromatic heterocycles. The van der Waals surface area contributed by atoms with E-state index in [1.807, 2.05) is 0 Å². The highest BCUT2D eigenvalue weighted by atomic mass is 16.5. The van der Waals surface area contributed by atoms with Crippen molar-refractivity contribution in [3.63, 3.8) is 0 Å². The van der Waals surface area contributed by atoms with E-state index in [2.05, 4.69) is 20.8 Å². The maximum Gasteiger partial charge on any atom is 0.338 e. The summed E-state index contributed by atoms with van der Waals surface area (Å²) >= 11 is 0. The summed E-state index contributed by atoms with van der Waals surface area (Å²) in [6, 6.07) is 0. The molecule has 0 amide bonds. The molecule has 0 rings (SSSR count). The van der Waals surface area contributed by atoms with Crippen molar-refractivity contribution < 1.29 is 28.6 Å². The van der Waals surface area contributed by atoms with Crippen molar-refractivity contribution in [3.05, 3.63) is 23.8 Å². The summed E-state index contributed by atoms with van der Waals surface area (Å²) in [7, 11) is 3.37. The zero-order valence-electron chi connectivity index (χ0n) is 9.23. The van der Waals surface area contributed by atoms with Gasteiger partial charge in [0.1, 0.15) is 0 Å². The van der Waals surface area contributed by atoms with Crippen LogP contribution in [0.5, 0.6) is 0 Å². The Bertz CT molecular complexity index is 352. The first-order valence-corrected chi connectivity index (χ1v) is 4.13. The fourth-order valence-electron chi connectivity index (χ4n) is 0.789. The molecule has 0 aliphatic carbocycles. The number of esters is 3. The van der Waals surface area contributed by atoms with Gasteiger partial charge in [-0.2, -0.15) is 0 Å². The Hall–Kier alpha value is -2.11. The summed E-state index contributed by atoms with van der Waals surface area (Å²) < 4.78 is 13.1. The molecule has 0 heterocycles. The summed E-state index contributed by atoms with van der Waals surface area (Å²) in [5.41, 5.74) is -0.582. The lowest BCUT2D eigenvalue weighted by Gasteiger charge is -2.06. The van der Waals surface area contributed by atoms with E-state index in [4.69, 9.17) is 0 Å². The Balaban J connectivity index is 5.18. The molecular formula is C10H12O6. The van der Waals surface area contributed by atoms with Crippen LogP contribution in [-0.2, 0) is 28.6 Å². The normalized spacial score (nSPS) is 10.3. The highest BCUT2D eigenvalue weighted by Gasteiger charge is 2.21. The topological polar surface area (TPSA) is 78.9 Å². The van der Waals surface area contributed by atoms with Crippen molar-refractivity contribution in [3.8, 4) is 0 Å². The molecule has 16 heavy (non-hydrogen) atoms. The van der Waals surface area contributed by atoms with Gasteiger partial charge >= 0.3 is 17.9 Å². The quantitative estimate of drug-likeness (QED) is 0.291. The van der Waals surface area contributed by atoms with Crippen LogP contribution >= 0.6 is 0 Å². The first-order valence-electron chi connectivity index (χ1n) is 4.13. The van der Waals surface area contributed by atoms with Crippen LogP contribution in [-0.4, -0.2) is 39.2 Å². The van der Waals surface area contributed by atoms with Gasteiger partial charge in [0.25, 0.3) is 0 Å². The molecule has 6 nitrogen and oxygen atoms in total. The van der Waals surface area contributed by atoms with Crippen LogP contribution in [0.15, 0.2) is 23.8 Å². The molecule has 0 saturated heterocycles. The van der Waals surface area contributed by atoms with Gasteiger partial charge in [0.15, 0.2) is 0 Å². The molecule has 0 aliphatic rings. The average molecular weight is 228 g/mol. The number of hydrogen-bond acceptors (Lipinski definition) is 6. The SMILES string of the molecule is C=C(C(=O)OC)/C(=C/C(=O)OC)C(=O)OC. The van der Waals surface area contributed by atoms with Crippen molar-refractivity contribution in [1.82, 2.24) is 0 Å². The lowest BCUT2D eigenvalue weighted by Crippen LogP contribution is -2.15. The van der Waals surface area contributed by atoms with Crippen LogP contribution in [0, 0.1) is 0 Å². The molecule has 0 unspecified atom stereocenters. The minimum atomic E-state index is -0.874. The molecule has 0 atom stereocenters. The van der Waals surface area contributed by atoms with E-state index in [1.54, 1.807) is 0 Å². The Morgan fingerprint density at radius 2 is 1.44 bits per heavy atom. The first-order chi connectivity index (χ1) is 7.47. The van der Waals surface area contributed by atoms with Crippen molar-refractivity contribution in [1.29, 1.82) is 0 Å². The highest BCUT2D eigenvalue weighted by molar-refractivity contribution is 6.09. The van der Waals surface area contributed by atoms with E-state index >= 15 is 0 Å². The van der Waals surface area contributed by atoms with Crippen molar-refractivity contribution in [2.75, 3.05) is 21.3 Å². The maximum absolute atomic E-state index is 11.3. The van der Waals surface area contributed by atoms with Crippen molar-refractivity contribution in [2.45, 2.75) is 0 Å². The second-order valence-electron chi connectivity index (χ2n) is 2.54. The van der Waals surface area contributed by atoms with Gasteiger partial charge in [0.2, 0.25) is 0 Å². The van der Waals surface area contributed by atoms with Gasteiger partial charge in [0, 0.05) is 6.08 Å². The predicted octanol–water partition coefficient (Wildman–Crippen LogP) is -0.0120. The standard InChI is InChI=1S/C10H12O6/c1-6(9(12)15-3)7(10(13)16-4)5-8(11)14-2/h5H,1H2,2-4H3/b7-5-. The fraction of sp³-hybridized carbons (Fsp3) is 0.300. The fourth-order valence-corrected chi connectivity index (χ4v) is 0.789. The van der Waals surface area contributed by atoms with Crippen LogP contribution < -0.4 is 0 Å². The number of carbonyl (C=O) groups is 3. The number of rotatable bonds is 4. The van der Waals surface area contributed by atoms with Crippen molar-refractivity contribution in [2.24, 2.45) is 0 Å². The van der Waals surface area contributed by atoms with Gasteiger partial charge in [-0.1, -0.05) is 6.58 Å². The second kappa shape index (κ2) is 6.39. The molecule has 0 radical (unpaired) electrons. The smallest absolute Gasteiger partial charge is 0.338 e. The summed E-state index contributed by atoms with van der Waals surface area (Å²) in [4.78, 5) is 33.3. The zero-order chi connectivity index (χ0) is 12.7. The van der Waals surface area contributed by atoms with E-state index in [-0.39, 0.29) is 11.1 Å². The molecule has 6 heteroatoms. The largest absolute Gasteiger partial charge is 0.466 e. The van der Waals surface area contributed by atoms with Gasteiger partial charge in [0.05, 0.1) is 32.5 Å². The minimum absolute atomic E-state index is 0.278. The Morgan fingerprint density at radius 1 is 0.938 bits per heavy atom. The number of carbonyl (C=O) groups excluding carboxylic acids is 3. The van der Waals surface area contributed by atoms with Crippen LogP contribution in [0.25, 0.3) is 0 Å². The molecule has 0 saturated carbocycles. The molecule has 0 fully saturated rings. The van der Waals surface area contributed by atoms with Gasteiger partial charge in [-0.3, -0.25) is 0 Å². The third-order valence-electron chi connectivity index (χ3n) is 1.63. The van der Waals surface area contributed by atoms with Crippen LogP contribution in [0.4, 0.5) is 0 Å². The highest BCUT2D eigenvalue weighted by Crippen LogP contribution is 2.11. The zero-order valence-corrected chi connectivity index (χ0v) is 9.23. The van der Waals surface area contributed by atoms with E-state index < -0.39 is 17.9 Å². The van der Waals surface area contributed by atoms with Crippen molar-refractivity contribution >= 4 is 17.9 Å². The summed E-state index contributed by atoms with van der Waals surface area (Å²) in [5.74, 6) is -2.51. The van der Waals surface area contributed by atoms with E-state index in [1.165, 1.54) is 0 Å². The molecule has 88 valence electrons. The third-order valence-corrected chi connectivity index (χ3v) is 1.63. The molecular weight excluding hydrogens is 216 g/mol. The van der Waals surface area contributed by atoms with E-state index in [9.17, 15) is 14.4 Å². The first kappa shape index (κ1) is 13.9. The van der Waals surface area contributed by atoms with E-state index in [0.717, 1.165) is 27.4 Å². The van der Waals surface area contributed by atoms with E-state index in [0.29, 0.717) is 0 Å². The Labute approximate surface area is 92.5 Å². The summed E-state index contributed by atoms with van der Waals surface area (Å²) in [5, 5.41) is 0. The van der Waals surface area contributed by atoms with Crippen LogP contribution in [0.2, 0.25) is 0 Å². The number of methoxy groups -OCH3 is 3. The molecule has 0 aliphatic heterocycles.